The molecule has 0 aromatic carbocycles. The first-order chi connectivity index (χ1) is 7.29. The summed E-state index contributed by atoms with van der Waals surface area (Å²) < 4.78 is 0. The van der Waals surface area contributed by atoms with Gasteiger partial charge in [0.2, 0.25) is 0 Å². The van der Waals surface area contributed by atoms with Gasteiger partial charge in [-0.2, -0.15) is 0 Å². The van der Waals surface area contributed by atoms with E-state index in [0.717, 1.165) is 13.0 Å². The molecule has 0 radical (unpaired) electrons. The van der Waals surface area contributed by atoms with Crippen molar-refractivity contribution in [3.8, 4) is 0 Å². The number of nitrogens with two attached hydrogens (primary N) is 1. The molecule has 88 valence electrons. The predicted molar refractivity (Wildman–Crippen MR) is 61.7 cm³/mol. The average molecular weight is 213 g/mol. The second kappa shape index (κ2) is 7.51. The molecule has 0 aromatic heterocycles. The fourth-order valence-electron chi connectivity index (χ4n) is 2.03. The number of piperidine rings is 1. The van der Waals surface area contributed by atoms with Gasteiger partial charge in [-0.3, -0.25) is 0 Å². The second-order valence-electron chi connectivity index (χ2n) is 4.25. The number of likely N-dealkylation sites (tertiary alicyclic amines) is 1. The Labute approximate surface area is 92.2 Å². The first-order valence-corrected chi connectivity index (χ1v) is 6.05. The highest BCUT2D eigenvalue weighted by molar-refractivity contribution is 5.71. The molecular weight excluding hydrogens is 190 g/mol. The fraction of sp³-hybridized carbons (Fsp3) is 0.909. The van der Waals surface area contributed by atoms with Gasteiger partial charge >= 0.3 is 6.03 Å². The number of nitrogens with zero attached hydrogens (tertiary/aromatic N) is 1. The Balaban J connectivity index is 1.85. The summed E-state index contributed by atoms with van der Waals surface area (Å²) in [5, 5.41) is 2.61. The van der Waals surface area contributed by atoms with Gasteiger partial charge in [0.05, 0.1) is 0 Å². The lowest BCUT2D eigenvalue weighted by Crippen LogP contribution is -2.31. The zero-order valence-corrected chi connectivity index (χ0v) is 9.50. The number of primary amides is 1. The van der Waals surface area contributed by atoms with Crippen LogP contribution in [0.5, 0.6) is 0 Å². The highest BCUT2D eigenvalue weighted by Gasteiger charge is 2.08. The molecule has 1 heterocycles. The van der Waals surface area contributed by atoms with Crippen molar-refractivity contribution in [2.75, 3.05) is 26.2 Å². The van der Waals surface area contributed by atoms with E-state index >= 15 is 0 Å². The lowest BCUT2D eigenvalue weighted by molar-refractivity contribution is 0.224. The Bertz CT molecular complexity index is 179. The quantitative estimate of drug-likeness (QED) is 0.654. The number of hydrogen-bond acceptors (Lipinski definition) is 2. The molecule has 1 saturated heterocycles. The average Bonchev–Trinajstić information content (AvgIpc) is 2.24. The molecule has 1 aliphatic rings. The minimum Gasteiger partial charge on any atom is -0.352 e. The second-order valence-corrected chi connectivity index (χ2v) is 4.25. The molecule has 1 fully saturated rings. The summed E-state index contributed by atoms with van der Waals surface area (Å²) in [6.07, 6.45) is 7.58. The number of hydrogen-bond donors (Lipinski definition) is 2. The molecule has 4 heteroatoms. The van der Waals surface area contributed by atoms with Crippen LogP contribution in [0.2, 0.25) is 0 Å². The number of carbonyl (C=O) groups excluding carboxylic acids is 1. The molecule has 0 aromatic rings. The minimum absolute atomic E-state index is 0.411. The highest BCUT2D eigenvalue weighted by Crippen LogP contribution is 2.09. The van der Waals surface area contributed by atoms with Gasteiger partial charge in [-0.05, 0) is 45.3 Å². The van der Waals surface area contributed by atoms with Gasteiger partial charge in [0.1, 0.15) is 0 Å². The molecule has 3 N–H and O–H groups in total. The Morgan fingerprint density at radius 1 is 1.13 bits per heavy atom. The third-order valence-corrected chi connectivity index (χ3v) is 2.90. The van der Waals surface area contributed by atoms with Gasteiger partial charge in [-0.1, -0.05) is 12.8 Å². The third kappa shape index (κ3) is 6.33. The molecular formula is C11H23N3O. The van der Waals surface area contributed by atoms with Crippen LogP contribution in [0.3, 0.4) is 0 Å². The number of unbranched alkanes of at least 4 members (excludes halogenated alkanes) is 2. The van der Waals surface area contributed by atoms with E-state index in [2.05, 4.69) is 10.2 Å². The minimum atomic E-state index is -0.411. The van der Waals surface area contributed by atoms with Crippen LogP contribution in [-0.4, -0.2) is 37.1 Å². The van der Waals surface area contributed by atoms with E-state index in [1.807, 2.05) is 0 Å². The third-order valence-electron chi connectivity index (χ3n) is 2.90. The van der Waals surface area contributed by atoms with E-state index < -0.39 is 6.03 Å². The van der Waals surface area contributed by atoms with Crippen molar-refractivity contribution >= 4 is 6.03 Å². The number of carbonyl (C=O) groups is 1. The molecule has 2 amide bonds. The van der Waals surface area contributed by atoms with Crippen LogP contribution in [0.25, 0.3) is 0 Å². The van der Waals surface area contributed by atoms with Crippen molar-refractivity contribution in [3.63, 3.8) is 0 Å². The summed E-state index contributed by atoms with van der Waals surface area (Å²) in [4.78, 5) is 12.9. The van der Waals surface area contributed by atoms with Crippen LogP contribution in [0.4, 0.5) is 4.79 Å². The van der Waals surface area contributed by atoms with E-state index in [9.17, 15) is 4.79 Å². The van der Waals surface area contributed by atoms with Crippen molar-refractivity contribution in [2.45, 2.75) is 38.5 Å². The Kier molecular flexibility index (Phi) is 6.16. The Morgan fingerprint density at radius 2 is 1.87 bits per heavy atom. The maximum absolute atomic E-state index is 10.4. The van der Waals surface area contributed by atoms with E-state index in [0.29, 0.717) is 0 Å². The highest BCUT2D eigenvalue weighted by atomic mass is 16.2. The lowest BCUT2D eigenvalue weighted by Gasteiger charge is -2.26. The molecule has 1 aliphatic heterocycles. The van der Waals surface area contributed by atoms with Crippen LogP contribution in [0.15, 0.2) is 0 Å². The van der Waals surface area contributed by atoms with Gasteiger partial charge in [-0.25, -0.2) is 4.79 Å². The molecule has 0 atom stereocenters. The van der Waals surface area contributed by atoms with Gasteiger partial charge in [-0.15, -0.1) is 0 Å². The SMILES string of the molecule is NC(=O)NCCCCCN1CCCCC1. The van der Waals surface area contributed by atoms with E-state index in [4.69, 9.17) is 5.73 Å². The summed E-state index contributed by atoms with van der Waals surface area (Å²) in [7, 11) is 0. The number of urea groups is 1. The van der Waals surface area contributed by atoms with Gasteiger partial charge in [0.25, 0.3) is 0 Å². The summed E-state index contributed by atoms with van der Waals surface area (Å²) >= 11 is 0. The molecule has 4 nitrogen and oxygen atoms in total. The fourth-order valence-corrected chi connectivity index (χ4v) is 2.03. The molecule has 0 spiro atoms. The Morgan fingerprint density at radius 3 is 2.53 bits per heavy atom. The summed E-state index contributed by atoms with van der Waals surface area (Å²) in [5.74, 6) is 0. The summed E-state index contributed by atoms with van der Waals surface area (Å²) in [6, 6.07) is -0.411. The van der Waals surface area contributed by atoms with Crippen molar-refractivity contribution < 1.29 is 4.79 Å². The molecule has 0 aliphatic carbocycles. The van der Waals surface area contributed by atoms with E-state index in [-0.39, 0.29) is 0 Å². The standard InChI is InChI=1S/C11H23N3O/c12-11(15)13-7-3-1-4-8-14-9-5-2-6-10-14/h1-10H2,(H3,12,13,15). The maximum Gasteiger partial charge on any atom is 0.312 e. The summed E-state index contributed by atoms with van der Waals surface area (Å²) in [5.41, 5.74) is 4.97. The first-order valence-electron chi connectivity index (χ1n) is 6.05. The van der Waals surface area contributed by atoms with Crippen molar-refractivity contribution in [2.24, 2.45) is 5.73 Å². The van der Waals surface area contributed by atoms with Crippen LogP contribution < -0.4 is 11.1 Å². The topological polar surface area (TPSA) is 58.4 Å². The molecule has 1 rings (SSSR count). The van der Waals surface area contributed by atoms with Crippen molar-refractivity contribution in [3.05, 3.63) is 0 Å². The van der Waals surface area contributed by atoms with Crippen LogP contribution in [-0.2, 0) is 0 Å². The number of rotatable bonds is 6. The maximum atomic E-state index is 10.4. The zero-order valence-electron chi connectivity index (χ0n) is 9.50. The lowest BCUT2D eigenvalue weighted by atomic mass is 10.1. The molecule has 0 saturated carbocycles. The number of amides is 2. The van der Waals surface area contributed by atoms with E-state index in [1.165, 1.54) is 51.7 Å². The molecule has 0 bridgehead atoms. The van der Waals surface area contributed by atoms with Crippen molar-refractivity contribution in [1.82, 2.24) is 10.2 Å². The smallest absolute Gasteiger partial charge is 0.312 e. The normalized spacial score (nSPS) is 17.6. The predicted octanol–water partition coefficient (Wildman–Crippen LogP) is 1.31. The van der Waals surface area contributed by atoms with Crippen molar-refractivity contribution in [1.29, 1.82) is 0 Å². The van der Waals surface area contributed by atoms with E-state index in [1.54, 1.807) is 0 Å². The largest absolute Gasteiger partial charge is 0.352 e. The molecule has 15 heavy (non-hydrogen) atoms. The zero-order chi connectivity index (χ0) is 10.9. The molecule has 0 unspecified atom stereocenters. The van der Waals surface area contributed by atoms with Gasteiger partial charge in [0.15, 0.2) is 0 Å². The monoisotopic (exact) mass is 213 g/mol. The van der Waals surface area contributed by atoms with Gasteiger partial charge < -0.3 is 16.0 Å². The summed E-state index contributed by atoms with van der Waals surface area (Å²) in [6.45, 7) is 4.49. The van der Waals surface area contributed by atoms with Crippen LogP contribution in [0, 0.1) is 0 Å². The first kappa shape index (κ1) is 12.3. The Hall–Kier alpha value is -0.770. The van der Waals surface area contributed by atoms with Crippen LogP contribution in [0.1, 0.15) is 38.5 Å². The number of nitrogens with one attached hydrogen (secondary N) is 1. The van der Waals surface area contributed by atoms with Crippen LogP contribution >= 0.6 is 0 Å². The van der Waals surface area contributed by atoms with Gasteiger partial charge in [0, 0.05) is 6.54 Å².